The zero-order valence-electron chi connectivity index (χ0n) is 10.7. The van der Waals surface area contributed by atoms with E-state index in [1.54, 1.807) is 0 Å². The number of rotatable bonds is 4. The Morgan fingerprint density at radius 3 is 2.56 bits per heavy atom. The maximum atomic E-state index is 11.7. The lowest BCUT2D eigenvalue weighted by atomic mass is 10.0. The average Bonchev–Trinajstić information content (AvgIpc) is 2.35. The SMILES string of the molecule is CCN(CC)C(=O)O[C@H]1C[C@@H](O)[C@H](O)[C@@H](CS)O1. The fourth-order valence-electron chi connectivity index (χ4n) is 1.81. The number of nitrogens with zero attached hydrogens (tertiary/aromatic N) is 1. The van der Waals surface area contributed by atoms with Gasteiger partial charge in [-0.3, -0.25) is 0 Å². The number of thiol groups is 1. The van der Waals surface area contributed by atoms with Crippen molar-refractivity contribution in [3.8, 4) is 0 Å². The van der Waals surface area contributed by atoms with Crippen molar-refractivity contribution in [1.29, 1.82) is 0 Å². The molecular weight excluding hydrogens is 258 g/mol. The number of aliphatic hydroxyl groups excluding tert-OH is 2. The van der Waals surface area contributed by atoms with Gasteiger partial charge in [0.05, 0.1) is 12.2 Å². The summed E-state index contributed by atoms with van der Waals surface area (Å²) in [5.41, 5.74) is 0. The van der Waals surface area contributed by atoms with Crippen LogP contribution in [0.15, 0.2) is 0 Å². The molecule has 2 N–H and O–H groups in total. The van der Waals surface area contributed by atoms with Gasteiger partial charge in [0.15, 0.2) is 0 Å². The van der Waals surface area contributed by atoms with Crippen LogP contribution in [0.2, 0.25) is 0 Å². The minimum atomic E-state index is -0.995. The molecule has 18 heavy (non-hydrogen) atoms. The third-order valence-corrected chi connectivity index (χ3v) is 3.33. The highest BCUT2D eigenvalue weighted by molar-refractivity contribution is 7.80. The first kappa shape index (κ1) is 15.6. The van der Waals surface area contributed by atoms with E-state index in [2.05, 4.69) is 12.6 Å². The molecule has 1 rings (SSSR count). The molecule has 0 aromatic carbocycles. The number of carbonyl (C=O) groups excluding carboxylic acids is 1. The van der Waals surface area contributed by atoms with E-state index in [0.717, 1.165) is 0 Å². The molecular formula is C11H21NO5S. The van der Waals surface area contributed by atoms with Crippen molar-refractivity contribution >= 4 is 18.7 Å². The average molecular weight is 279 g/mol. The lowest BCUT2D eigenvalue weighted by Gasteiger charge is -2.36. The Hall–Kier alpha value is -0.500. The minimum absolute atomic E-state index is 0.0679. The Bertz CT molecular complexity index is 274. The van der Waals surface area contributed by atoms with Crippen LogP contribution in [0.4, 0.5) is 4.79 Å². The van der Waals surface area contributed by atoms with Gasteiger partial charge in [-0.1, -0.05) is 0 Å². The van der Waals surface area contributed by atoms with E-state index in [4.69, 9.17) is 9.47 Å². The molecule has 1 aliphatic heterocycles. The Labute approximate surface area is 112 Å². The second-order valence-electron chi connectivity index (χ2n) is 4.14. The van der Waals surface area contributed by atoms with Crippen molar-refractivity contribution < 1.29 is 24.5 Å². The van der Waals surface area contributed by atoms with E-state index in [-0.39, 0.29) is 12.2 Å². The third-order valence-electron chi connectivity index (χ3n) is 2.97. The number of ether oxygens (including phenoxy) is 2. The van der Waals surface area contributed by atoms with Crippen LogP contribution in [0.25, 0.3) is 0 Å². The first-order chi connectivity index (χ1) is 8.53. The molecule has 4 atom stereocenters. The van der Waals surface area contributed by atoms with Crippen LogP contribution < -0.4 is 0 Å². The van der Waals surface area contributed by atoms with Gasteiger partial charge in [0.25, 0.3) is 0 Å². The van der Waals surface area contributed by atoms with Gasteiger partial charge in [-0.2, -0.15) is 12.6 Å². The maximum absolute atomic E-state index is 11.7. The summed E-state index contributed by atoms with van der Waals surface area (Å²) in [5.74, 6) is 0.248. The number of aliphatic hydroxyl groups is 2. The molecule has 0 aliphatic carbocycles. The minimum Gasteiger partial charge on any atom is -0.419 e. The Kier molecular flexibility index (Phi) is 6.20. The summed E-state index contributed by atoms with van der Waals surface area (Å²) in [6.45, 7) is 4.79. The van der Waals surface area contributed by atoms with E-state index in [1.165, 1.54) is 4.90 Å². The molecule has 1 aliphatic rings. The van der Waals surface area contributed by atoms with Gasteiger partial charge in [-0.15, -0.1) is 0 Å². The van der Waals surface area contributed by atoms with Crippen LogP contribution in [-0.2, 0) is 9.47 Å². The van der Waals surface area contributed by atoms with Gasteiger partial charge >= 0.3 is 6.09 Å². The molecule has 0 aromatic heterocycles. The summed E-state index contributed by atoms with van der Waals surface area (Å²) in [6, 6.07) is 0. The number of hydrogen-bond donors (Lipinski definition) is 3. The Balaban J connectivity index is 2.55. The molecule has 1 heterocycles. The fraction of sp³-hybridized carbons (Fsp3) is 0.909. The third kappa shape index (κ3) is 3.74. The second kappa shape index (κ2) is 7.18. The van der Waals surface area contributed by atoms with E-state index in [9.17, 15) is 15.0 Å². The number of hydrogen-bond acceptors (Lipinski definition) is 6. The summed E-state index contributed by atoms with van der Waals surface area (Å²) in [5, 5.41) is 19.3. The van der Waals surface area contributed by atoms with Gasteiger partial charge in [0.1, 0.15) is 6.10 Å². The maximum Gasteiger partial charge on any atom is 0.412 e. The van der Waals surface area contributed by atoms with Gasteiger partial charge in [-0.25, -0.2) is 4.79 Å². The predicted molar refractivity (Wildman–Crippen MR) is 68.5 cm³/mol. The normalized spacial score (nSPS) is 32.1. The summed E-state index contributed by atoms with van der Waals surface area (Å²) in [4.78, 5) is 13.2. The van der Waals surface area contributed by atoms with E-state index in [1.807, 2.05) is 13.8 Å². The van der Waals surface area contributed by atoms with Crippen molar-refractivity contribution in [3.05, 3.63) is 0 Å². The highest BCUT2D eigenvalue weighted by Gasteiger charge is 2.38. The highest BCUT2D eigenvalue weighted by Crippen LogP contribution is 2.22. The smallest absolute Gasteiger partial charge is 0.412 e. The molecule has 6 nitrogen and oxygen atoms in total. The zero-order valence-corrected chi connectivity index (χ0v) is 11.5. The van der Waals surface area contributed by atoms with Crippen LogP contribution >= 0.6 is 12.6 Å². The summed E-state index contributed by atoms with van der Waals surface area (Å²) in [7, 11) is 0. The van der Waals surface area contributed by atoms with Crippen molar-refractivity contribution in [2.45, 2.75) is 44.9 Å². The molecule has 1 saturated heterocycles. The monoisotopic (exact) mass is 279 g/mol. The molecule has 1 amide bonds. The van der Waals surface area contributed by atoms with Crippen molar-refractivity contribution in [2.24, 2.45) is 0 Å². The first-order valence-electron chi connectivity index (χ1n) is 6.11. The molecule has 0 unspecified atom stereocenters. The topological polar surface area (TPSA) is 79.2 Å². The molecule has 0 radical (unpaired) electrons. The zero-order chi connectivity index (χ0) is 13.7. The van der Waals surface area contributed by atoms with Crippen LogP contribution in [0.1, 0.15) is 20.3 Å². The summed E-state index contributed by atoms with van der Waals surface area (Å²) in [6.07, 6.45) is -3.85. The lowest BCUT2D eigenvalue weighted by molar-refractivity contribution is -0.226. The van der Waals surface area contributed by atoms with Crippen LogP contribution in [-0.4, -0.2) is 64.7 Å². The molecule has 7 heteroatoms. The van der Waals surface area contributed by atoms with Gasteiger partial charge < -0.3 is 24.6 Å². The quantitative estimate of drug-likeness (QED) is 0.642. The molecule has 0 spiro atoms. The van der Waals surface area contributed by atoms with E-state index in [0.29, 0.717) is 13.1 Å². The standard InChI is InChI=1S/C11H21NO5S/c1-3-12(4-2)11(15)17-9-5-7(13)10(14)8(6-18)16-9/h7-10,13-14,18H,3-6H2,1-2H3/t7-,8-,9+,10+/m1/s1. The largest absolute Gasteiger partial charge is 0.419 e. The summed E-state index contributed by atoms with van der Waals surface area (Å²) < 4.78 is 10.5. The second-order valence-corrected chi connectivity index (χ2v) is 4.50. The van der Waals surface area contributed by atoms with Gasteiger partial charge in [-0.05, 0) is 13.8 Å². The summed E-state index contributed by atoms with van der Waals surface area (Å²) >= 11 is 4.03. The fourth-order valence-corrected chi connectivity index (χ4v) is 2.11. The first-order valence-corrected chi connectivity index (χ1v) is 6.74. The van der Waals surface area contributed by atoms with Gasteiger partial charge in [0, 0.05) is 25.3 Å². The van der Waals surface area contributed by atoms with Gasteiger partial charge in [0.2, 0.25) is 6.29 Å². The predicted octanol–water partition coefficient (Wildman–Crippen LogP) is 0.231. The molecule has 0 bridgehead atoms. The molecule has 106 valence electrons. The van der Waals surface area contributed by atoms with Crippen LogP contribution in [0, 0.1) is 0 Å². The number of amides is 1. The van der Waals surface area contributed by atoms with Crippen molar-refractivity contribution in [1.82, 2.24) is 4.90 Å². The van der Waals surface area contributed by atoms with E-state index >= 15 is 0 Å². The molecule has 0 saturated carbocycles. The number of carbonyl (C=O) groups is 1. The van der Waals surface area contributed by atoms with E-state index < -0.39 is 30.7 Å². The van der Waals surface area contributed by atoms with Crippen molar-refractivity contribution in [3.63, 3.8) is 0 Å². The molecule has 0 aromatic rings. The lowest BCUT2D eigenvalue weighted by Crippen LogP contribution is -2.51. The Morgan fingerprint density at radius 1 is 1.44 bits per heavy atom. The van der Waals surface area contributed by atoms with Crippen LogP contribution in [0.3, 0.4) is 0 Å². The Morgan fingerprint density at radius 2 is 2.06 bits per heavy atom. The molecule has 1 fully saturated rings. The van der Waals surface area contributed by atoms with Crippen molar-refractivity contribution in [2.75, 3.05) is 18.8 Å². The highest BCUT2D eigenvalue weighted by atomic mass is 32.1. The van der Waals surface area contributed by atoms with Crippen LogP contribution in [0.5, 0.6) is 0 Å².